The Hall–Kier alpha value is -2.93. The summed E-state index contributed by atoms with van der Waals surface area (Å²) in [6, 6.07) is 13.5. The van der Waals surface area contributed by atoms with Crippen LogP contribution in [0.5, 0.6) is 5.75 Å². The van der Waals surface area contributed by atoms with Crippen molar-refractivity contribution >= 4 is 39.1 Å². The van der Waals surface area contributed by atoms with E-state index in [1.165, 1.54) is 11.3 Å². The normalized spacial score (nSPS) is 10.5. The maximum absolute atomic E-state index is 12.1. The summed E-state index contributed by atoms with van der Waals surface area (Å²) in [6.45, 7) is 1.96. The first kappa shape index (κ1) is 17.9. The molecule has 0 aliphatic carbocycles. The first-order chi connectivity index (χ1) is 12.7. The fourth-order valence-corrected chi connectivity index (χ4v) is 3.15. The van der Waals surface area contributed by atoms with Gasteiger partial charge in [-0.2, -0.15) is 0 Å². The lowest BCUT2D eigenvalue weighted by molar-refractivity contribution is -0.142. The molecule has 1 aromatic heterocycles. The standard InChI is InChI=1S/C19H18N2O4S/c1-2-24-18(23)10-14-12-26-19(20-14)21-17(22)11-25-16-9-5-7-13-6-3-4-8-15(13)16/h3-9,12H,2,10-11H2,1H3,(H,20,21,22). The minimum Gasteiger partial charge on any atom is -0.483 e. The smallest absolute Gasteiger partial charge is 0.311 e. The molecule has 3 rings (SSSR count). The molecule has 7 heteroatoms. The Kier molecular flexibility index (Phi) is 5.80. The highest BCUT2D eigenvalue weighted by Gasteiger charge is 2.11. The number of benzene rings is 2. The monoisotopic (exact) mass is 370 g/mol. The van der Waals surface area contributed by atoms with Gasteiger partial charge in [-0.15, -0.1) is 11.3 Å². The summed E-state index contributed by atoms with van der Waals surface area (Å²) in [6.07, 6.45) is 0.0900. The van der Waals surface area contributed by atoms with Crippen molar-refractivity contribution in [2.24, 2.45) is 0 Å². The molecule has 0 fully saturated rings. The largest absolute Gasteiger partial charge is 0.483 e. The van der Waals surface area contributed by atoms with Crippen molar-refractivity contribution in [1.82, 2.24) is 4.98 Å². The number of rotatable bonds is 7. The summed E-state index contributed by atoms with van der Waals surface area (Å²) >= 11 is 1.26. The molecule has 134 valence electrons. The second-order valence-corrected chi connectivity index (χ2v) is 6.30. The molecule has 3 aromatic rings. The van der Waals surface area contributed by atoms with E-state index < -0.39 is 0 Å². The number of amides is 1. The van der Waals surface area contributed by atoms with Crippen LogP contribution >= 0.6 is 11.3 Å². The zero-order valence-corrected chi connectivity index (χ0v) is 15.0. The van der Waals surface area contributed by atoms with Crippen molar-refractivity contribution in [2.75, 3.05) is 18.5 Å². The van der Waals surface area contributed by atoms with Gasteiger partial charge in [-0.05, 0) is 18.4 Å². The highest BCUT2D eigenvalue weighted by molar-refractivity contribution is 7.13. The number of hydrogen-bond acceptors (Lipinski definition) is 6. The summed E-state index contributed by atoms with van der Waals surface area (Å²) in [7, 11) is 0. The van der Waals surface area contributed by atoms with Gasteiger partial charge in [0.05, 0.1) is 18.7 Å². The van der Waals surface area contributed by atoms with Gasteiger partial charge in [-0.25, -0.2) is 4.98 Å². The van der Waals surface area contributed by atoms with Crippen LogP contribution < -0.4 is 10.1 Å². The van der Waals surface area contributed by atoms with Crippen LogP contribution in [-0.2, 0) is 20.7 Å². The van der Waals surface area contributed by atoms with Crippen molar-refractivity contribution in [1.29, 1.82) is 0 Å². The average Bonchev–Trinajstić information content (AvgIpc) is 3.06. The van der Waals surface area contributed by atoms with Crippen molar-refractivity contribution in [2.45, 2.75) is 13.3 Å². The lowest BCUT2D eigenvalue weighted by Gasteiger charge is -2.08. The van der Waals surface area contributed by atoms with E-state index in [1.807, 2.05) is 42.5 Å². The van der Waals surface area contributed by atoms with Crippen LogP contribution in [0.3, 0.4) is 0 Å². The maximum Gasteiger partial charge on any atom is 0.311 e. The Morgan fingerprint density at radius 2 is 1.96 bits per heavy atom. The number of aromatic nitrogens is 1. The first-order valence-corrected chi connectivity index (χ1v) is 9.04. The molecule has 0 atom stereocenters. The van der Waals surface area contributed by atoms with Crippen molar-refractivity contribution in [3.05, 3.63) is 53.5 Å². The Balaban J connectivity index is 1.56. The van der Waals surface area contributed by atoms with Gasteiger partial charge in [-0.1, -0.05) is 36.4 Å². The molecule has 0 spiro atoms. The Labute approximate surface area is 154 Å². The van der Waals surface area contributed by atoms with E-state index in [1.54, 1.807) is 12.3 Å². The van der Waals surface area contributed by atoms with Gasteiger partial charge < -0.3 is 9.47 Å². The summed E-state index contributed by atoms with van der Waals surface area (Å²) < 4.78 is 10.5. The van der Waals surface area contributed by atoms with Crippen molar-refractivity contribution in [3.63, 3.8) is 0 Å². The number of hydrogen-bond donors (Lipinski definition) is 1. The Morgan fingerprint density at radius 3 is 2.81 bits per heavy atom. The zero-order chi connectivity index (χ0) is 18.4. The minimum atomic E-state index is -0.338. The summed E-state index contributed by atoms with van der Waals surface area (Å²) in [4.78, 5) is 27.7. The predicted molar refractivity (Wildman–Crippen MR) is 101 cm³/mol. The molecule has 0 saturated carbocycles. The number of thiazole rings is 1. The highest BCUT2D eigenvalue weighted by Crippen LogP contribution is 2.25. The van der Waals surface area contributed by atoms with E-state index in [9.17, 15) is 9.59 Å². The molecule has 0 radical (unpaired) electrons. The number of ether oxygens (including phenoxy) is 2. The second-order valence-electron chi connectivity index (χ2n) is 5.44. The Morgan fingerprint density at radius 1 is 1.15 bits per heavy atom. The Bertz CT molecular complexity index is 917. The molecular formula is C19H18N2O4S. The van der Waals surface area contributed by atoms with Crippen LogP contribution in [-0.4, -0.2) is 30.1 Å². The number of carbonyl (C=O) groups excluding carboxylic acids is 2. The fraction of sp³-hybridized carbons (Fsp3) is 0.211. The van der Waals surface area contributed by atoms with Crippen LogP contribution in [0.15, 0.2) is 47.8 Å². The van der Waals surface area contributed by atoms with Gasteiger partial charge in [0.25, 0.3) is 5.91 Å². The van der Waals surface area contributed by atoms with E-state index in [-0.39, 0.29) is 24.9 Å². The average molecular weight is 370 g/mol. The first-order valence-electron chi connectivity index (χ1n) is 8.16. The van der Waals surface area contributed by atoms with Crippen LogP contribution in [0.1, 0.15) is 12.6 Å². The topological polar surface area (TPSA) is 77.5 Å². The number of fused-ring (bicyclic) bond motifs is 1. The molecule has 1 N–H and O–H groups in total. The zero-order valence-electron chi connectivity index (χ0n) is 14.2. The third-order valence-corrected chi connectivity index (χ3v) is 4.34. The molecule has 2 aromatic carbocycles. The minimum absolute atomic E-state index is 0.0900. The number of carbonyl (C=O) groups is 2. The molecular weight excluding hydrogens is 352 g/mol. The van der Waals surface area contributed by atoms with Crippen LogP contribution in [0.4, 0.5) is 5.13 Å². The summed E-state index contributed by atoms with van der Waals surface area (Å²) in [5.74, 6) is 0.00493. The molecule has 1 heterocycles. The van der Waals surface area contributed by atoms with Gasteiger partial charge >= 0.3 is 5.97 Å². The summed E-state index contributed by atoms with van der Waals surface area (Å²) in [5.41, 5.74) is 0.568. The molecule has 0 saturated heterocycles. The number of esters is 1. The number of nitrogens with zero attached hydrogens (tertiary/aromatic N) is 1. The van der Waals surface area contributed by atoms with E-state index in [2.05, 4.69) is 10.3 Å². The lowest BCUT2D eigenvalue weighted by Crippen LogP contribution is -2.20. The molecule has 1 amide bonds. The third kappa shape index (κ3) is 4.58. The van der Waals surface area contributed by atoms with E-state index in [0.29, 0.717) is 23.2 Å². The van der Waals surface area contributed by atoms with E-state index >= 15 is 0 Å². The van der Waals surface area contributed by atoms with Gasteiger partial charge in [0, 0.05) is 10.8 Å². The van der Waals surface area contributed by atoms with Crippen molar-refractivity contribution in [3.8, 4) is 5.75 Å². The molecule has 0 unspecified atom stereocenters. The fourth-order valence-electron chi connectivity index (χ4n) is 2.43. The van der Waals surface area contributed by atoms with E-state index in [4.69, 9.17) is 9.47 Å². The number of anilines is 1. The maximum atomic E-state index is 12.1. The predicted octanol–water partition coefficient (Wildman–Crippen LogP) is 3.42. The van der Waals surface area contributed by atoms with Crippen molar-refractivity contribution < 1.29 is 19.1 Å². The van der Waals surface area contributed by atoms with Gasteiger partial charge in [-0.3, -0.25) is 14.9 Å². The van der Waals surface area contributed by atoms with Gasteiger partial charge in [0.2, 0.25) is 0 Å². The third-order valence-electron chi connectivity index (χ3n) is 3.54. The van der Waals surface area contributed by atoms with Gasteiger partial charge in [0.1, 0.15) is 5.75 Å². The molecule has 0 aliphatic heterocycles. The SMILES string of the molecule is CCOC(=O)Cc1csc(NC(=O)COc2cccc3ccccc23)n1. The molecule has 0 bridgehead atoms. The molecule has 26 heavy (non-hydrogen) atoms. The van der Waals surface area contributed by atoms with Gasteiger partial charge in [0.15, 0.2) is 11.7 Å². The number of nitrogens with one attached hydrogen (secondary N) is 1. The highest BCUT2D eigenvalue weighted by atomic mass is 32.1. The van der Waals surface area contributed by atoms with E-state index in [0.717, 1.165) is 10.8 Å². The molecule has 6 nitrogen and oxygen atoms in total. The quantitative estimate of drug-likeness (QED) is 0.645. The van der Waals surface area contributed by atoms with Crippen LogP contribution in [0, 0.1) is 0 Å². The lowest BCUT2D eigenvalue weighted by atomic mass is 10.1. The second kappa shape index (κ2) is 8.44. The summed E-state index contributed by atoms with van der Waals surface area (Å²) in [5, 5.41) is 6.83. The van der Waals surface area contributed by atoms with Crippen LogP contribution in [0.25, 0.3) is 10.8 Å². The van der Waals surface area contributed by atoms with Crippen LogP contribution in [0.2, 0.25) is 0 Å². The molecule has 0 aliphatic rings.